The highest BCUT2D eigenvalue weighted by Crippen LogP contribution is 2.13. The van der Waals surface area contributed by atoms with Crippen molar-refractivity contribution >= 4 is 29.5 Å². The van der Waals surface area contributed by atoms with Gasteiger partial charge < -0.3 is 9.47 Å². The minimum atomic E-state index is -0.596. The first-order chi connectivity index (χ1) is 14.9. The van der Waals surface area contributed by atoms with Gasteiger partial charge in [-0.05, 0) is 54.5 Å². The largest absolute Gasteiger partial charge is 0.484 e. The van der Waals surface area contributed by atoms with Gasteiger partial charge >= 0.3 is 5.97 Å². The maximum Gasteiger partial charge on any atom is 0.338 e. The van der Waals surface area contributed by atoms with E-state index in [1.54, 1.807) is 0 Å². The molecule has 0 aliphatic heterocycles. The number of hydrogen-bond donors (Lipinski definition) is 2. The van der Waals surface area contributed by atoms with Crippen LogP contribution in [0.4, 0.5) is 5.69 Å². The van der Waals surface area contributed by atoms with E-state index in [-0.39, 0.29) is 12.3 Å². The van der Waals surface area contributed by atoms with E-state index in [1.807, 2.05) is 6.92 Å². The second kappa shape index (κ2) is 11.7. The Hall–Kier alpha value is -4.21. The average Bonchev–Trinajstić information content (AvgIpc) is 2.79. The monoisotopic (exact) mass is 427 g/mol. The molecule has 0 radical (unpaired) electrons. The van der Waals surface area contributed by atoms with Crippen molar-refractivity contribution in [2.45, 2.75) is 13.3 Å². The second-order valence-corrected chi connectivity index (χ2v) is 6.17. The number of nitrogens with zero attached hydrogens (tertiary/aromatic N) is 1. The van der Waals surface area contributed by atoms with Gasteiger partial charge in [-0.15, -0.1) is 0 Å². The first-order valence-electron chi connectivity index (χ1n) is 9.30. The van der Waals surface area contributed by atoms with Crippen LogP contribution in [0.3, 0.4) is 0 Å². The van der Waals surface area contributed by atoms with Crippen LogP contribution < -0.4 is 15.6 Å². The lowest BCUT2D eigenvalue weighted by Crippen LogP contribution is -2.43. The van der Waals surface area contributed by atoms with E-state index in [9.17, 15) is 24.5 Å². The minimum absolute atomic E-state index is 0.0556. The number of amides is 2. The van der Waals surface area contributed by atoms with E-state index in [2.05, 4.69) is 10.9 Å². The van der Waals surface area contributed by atoms with Crippen LogP contribution in [0.15, 0.2) is 54.6 Å². The van der Waals surface area contributed by atoms with Crippen LogP contribution in [0, 0.1) is 10.1 Å². The lowest BCUT2D eigenvalue weighted by Gasteiger charge is -2.08. The zero-order valence-corrected chi connectivity index (χ0v) is 16.7. The molecule has 0 aromatic heterocycles. The van der Waals surface area contributed by atoms with Gasteiger partial charge in [0, 0.05) is 18.2 Å². The lowest BCUT2D eigenvalue weighted by atomic mass is 10.2. The number of carbonyl (C=O) groups is 3. The van der Waals surface area contributed by atoms with Crippen molar-refractivity contribution in [2.24, 2.45) is 0 Å². The normalized spacial score (nSPS) is 10.4. The zero-order chi connectivity index (χ0) is 22.6. The molecule has 2 rings (SSSR count). The van der Waals surface area contributed by atoms with Gasteiger partial charge in [-0.1, -0.05) is 6.92 Å². The first-order valence-corrected chi connectivity index (χ1v) is 9.30. The maximum absolute atomic E-state index is 11.8. The van der Waals surface area contributed by atoms with Gasteiger partial charge in [0.25, 0.3) is 17.5 Å². The molecule has 2 aromatic rings. The summed E-state index contributed by atoms with van der Waals surface area (Å²) in [6, 6.07) is 11.7. The van der Waals surface area contributed by atoms with Crippen molar-refractivity contribution < 1.29 is 28.8 Å². The predicted octanol–water partition coefficient (Wildman–Crippen LogP) is 2.40. The Morgan fingerprint density at radius 2 is 1.71 bits per heavy atom. The fraction of sp³-hybridized carbons (Fsp3) is 0.190. The number of rotatable bonds is 9. The van der Waals surface area contributed by atoms with E-state index in [4.69, 9.17) is 9.47 Å². The quantitative estimate of drug-likeness (QED) is 0.271. The maximum atomic E-state index is 11.8. The number of non-ortho nitro benzene ring substituents is 1. The molecular formula is C21H21N3O7. The summed E-state index contributed by atoms with van der Waals surface area (Å²) in [6.07, 6.45) is 3.33. The number of nitrogens with one attached hydrogen (secondary N) is 2. The molecule has 0 aliphatic rings. The first kappa shape index (κ1) is 23.1. The molecule has 2 aromatic carbocycles. The van der Waals surface area contributed by atoms with E-state index < -0.39 is 22.7 Å². The topological polar surface area (TPSA) is 137 Å². The van der Waals surface area contributed by atoms with Crippen LogP contribution in [0.25, 0.3) is 6.08 Å². The Morgan fingerprint density at radius 3 is 2.32 bits per heavy atom. The molecule has 2 N–H and O–H groups in total. The predicted molar refractivity (Wildman–Crippen MR) is 111 cm³/mol. The number of carbonyl (C=O) groups excluding carboxylic acids is 3. The fourth-order valence-corrected chi connectivity index (χ4v) is 2.20. The van der Waals surface area contributed by atoms with Gasteiger partial charge in [0.2, 0.25) is 0 Å². The number of hydrogen-bond acceptors (Lipinski definition) is 7. The molecule has 10 heteroatoms. The van der Waals surface area contributed by atoms with Crippen molar-refractivity contribution in [1.29, 1.82) is 0 Å². The van der Waals surface area contributed by atoms with Crippen molar-refractivity contribution in [3.05, 3.63) is 75.8 Å². The number of benzene rings is 2. The molecule has 162 valence electrons. The third kappa shape index (κ3) is 7.97. The summed E-state index contributed by atoms with van der Waals surface area (Å²) in [5.41, 5.74) is 5.27. The van der Waals surface area contributed by atoms with Crippen molar-refractivity contribution in [1.82, 2.24) is 10.9 Å². The van der Waals surface area contributed by atoms with E-state index in [1.165, 1.54) is 60.7 Å². The van der Waals surface area contributed by atoms with Gasteiger partial charge in [0.1, 0.15) is 5.75 Å². The zero-order valence-electron chi connectivity index (χ0n) is 16.7. The minimum Gasteiger partial charge on any atom is -0.484 e. The van der Waals surface area contributed by atoms with Gasteiger partial charge in [-0.2, -0.15) is 0 Å². The third-order valence-electron chi connectivity index (χ3n) is 3.75. The van der Waals surface area contributed by atoms with Crippen molar-refractivity contribution in [3.8, 4) is 5.75 Å². The number of hydrazine groups is 1. The summed E-state index contributed by atoms with van der Waals surface area (Å²) in [6.45, 7) is 1.88. The summed E-state index contributed by atoms with van der Waals surface area (Å²) in [5, 5.41) is 10.6. The smallest absolute Gasteiger partial charge is 0.338 e. The molecule has 0 fully saturated rings. The van der Waals surface area contributed by atoms with Crippen molar-refractivity contribution in [2.75, 3.05) is 13.2 Å². The van der Waals surface area contributed by atoms with Crippen LogP contribution in [-0.2, 0) is 14.3 Å². The lowest BCUT2D eigenvalue weighted by molar-refractivity contribution is -0.384. The summed E-state index contributed by atoms with van der Waals surface area (Å²) in [4.78, 5) is 45.3. The standard InChI is InChI=1S/C21H21N3O7/c1-2-13-30-21(27)16-6-10-18(11-7-16)31-14-20(26)23-22-19(25)12-5-15-3-8-17(9-4-15)24(28)29/h3-12H,2,13-14H2,1H3,(H,22,25)(H,23,26)/b12-5+. The summed E-state index contributed by atoms with van der Waals surface area (Å²) in [5.74, 6) is -1.26. The average molecular weight is 427 g/mol. The third-order valence-corrected chi connectivity index (χ3v) is 3.75. The van der Waals surface area contributed by atoms with Gasteiger partial charge in [0.05, 0.1) is 17.1 Å². The summed E-state index contributed by atoms with van der Waals surface area (Å²) < 4.78 is 10.3. The van der Waals surface area contributed by atoms with Gasteiger partial charge in [0.15, 0.2) is 6.61 Å². The molecule has 0 unspecified atom stereocenters. The highest BCUT2D eigenvalue weighted by atomic mass is 16.6. The highest BCUT2D eigenvalue weighted by molar-refractivity contribution is 5.93. The molecule has 10 nitrogen and oxygen atoms in total. The summed E-state index contributed by atoms with van der Waals surface area (Å²) >= 11 is 0. The fourth-order valence-electron chi connectivity index (χ4n) is 2.20. The number of nitro groups is 1. The van der Waals surface area contributed by atoms with Crippen LogP contribution >= 0.6 is 0 Å². The Balaban J connectivity index is 1.73. The molecular weight excluding hydrogens is 406 g/mol. The molecule has 2 amide bonds. The van der Waals surface area contributed by atoms with Gasteiger partial charge in [-0.3, -0.25) is 30.6 Å². The van der Waals surface area contributed by atoms with Gasteiger partial charge in [-0.25, -0.2) is 4.79 Å². The Bertz CT molecular complexity index is 954. The van der Waals surface area contributed by atoms with Crippen LogP contribution in [0.1, 0.15) is 29.3 Å². The van der Waals surface area contributed by atoms with Crippen LogP contribution in [0.2, 0.25) is 0 Å². The van der Waals surface area contributed by atoms with E-state index >= 15 is 0 Å². The second-order valence-electron chi connectivity index (χ2n) is 6.17. The molecule has 0 saturated heterocycles. The molecule has 0 atom stereocenters. The molecule has 0 bridgehead atoms. The highest BCUT2D eigenvalue weighted by Gasteiger charge is 2.08. The van der Waals surface area contributed by atoms with Crippen molar-refractivity contribution in [3.63, 3.8) is 0 Å². The number of esters is 1. The number of ether oxygens (including phenoxy) is 2. The number of nitro benzene ring substituents is 1. The Labute approximate surface area is 178 Å². The Kier molecular flexibility index (Phi) is 8.72. The molecule has 0 aliphatic carbocycles. The molecule has 31 heavy (non-hydrogen) atoms. The van der Waals surface area contributed by atoms with E-state index in [0.29, 0.717) is 23.5 Å². The van der Waals surface area contributed by atoms with Crippen LogP contribution in [-0.4, -0.2) is 35.9 Å². The SMILES string of the molecule is CCCOC(=O)c1ccc(OCC(=O)NNC(=O)/C=C/c2ccc([N+](=O)[O-])cc2)cc1. The van der Waals surface area contributed by atoms with E-state index in [0.717, 1.165) is 6.42 Å². The van der Waals surface area contributed by atoms with Crippen LogP contribution in [0.5, 0.6) is 5.75 Å². The molecule has 0 heterocycles. The molecule has 0 saturated carbocycles. The Morgan fingerprint density at radius 1 is 1.03 bits per heavy atom. The summed E-state index contributed by atoms with van der Waals surface area (Å²) in [7, 11) is 0. The molecule has 0 spiro atoms.